The van der Waals surface area contributed by atoms with Gasteiger partial charge in [0.15, 0.2) is 6.10 Å². The number of para-hydroxylation sites is 1. The first kappa shape index (κ1) is 18.8. The molecule has 2 N–H and O–H groups in total. The fourth-order valence-electron chi connectivity index (χ4n) is 2.16. The van der Waals surface area contributed by atoms with Crippen molar-refractivity contribution in [3.8, 4) is 5.75 Å². The van der Waals surface area contributed by atoms with Crippen LogP contribution in [0.3, 0.4) is 0 Å². The van der Waals surface area contributed by atoms with Crippen LogP contribution in [-0.4, -0.2) is 31.6 Å². The molecule has 1 heterocycles. The standard InChI is InChI=1S/C16H21ClN2O2.ClH/c1-2-14(21-15-6-4-3-5-13(15)17)16(20)19-11-12-7-9-18-10-8-12;/h3-7,14,18H,2,8-11H2,1H3,(H,19,20);1H. The van der Waals surface area contributed by atoms with Gasteiger partial charge in [-0.3, -0.25) is 4.79 Å². The number of nitrogens with one attached hydrogen (secondary N) is 2. The molecule has 4 nitrogen and oxygen atoms in total. The molecular weight excluding hydrogens is 323 g/mol. The van der Waals surface area contributed by atoms with Crippen LogP contribution in [0.2, 0.25) is 5.02 Å². The van der Waals surface area contributed by atoms with Crippen LogP contribution in [-0.2, 0) is 4.79 Å². The van der Waals surface area contributed by atoms with E-state index in [9.17, 15) is 4.79 Å². The molecule has 0 aromatic heterocycles. The van der Waals surface area contributed by atoms with Gasteiger partial charge in [-0.1, -0.05) is 42.3 Å². The Labute approximate surface area is 142 Å². The molecule has 0 aliphatic carbocycles. The maximum atomic E-state index is 12.2. The number of carbonyl (C=O) groups excluding carboxylic acids is 1. The maximum absolute atomic E-state index is 12.2. The summed E-state index contributed by atoms with van der Waals surface area (Å²) >= 11 is 6.06. The van der Waals surface area contributed by atoms with E-state index in [1.165, 1.54) is 5.57 Å². The van der Waals surface area contributed by atoms with Gasteiger partial charge in [0, 0.05) is 13.1 Å². The number of amides is 1. The van der Waals surface area contributed by atoms with Crippen LogP contribution in [0, 0.1) is 0 Å². The molecular formula is C16H22Cl2N2O2. The van der Waals surface area contributed by atoms with E-state index in [0.29, 0.717) is 23.7 Å². The van der Waals surface area contributed by atoms with E-state index >= 15 is 0 Å². The van der Waals surface area contributed by atoms with Gasteiger partial charge >= 0.3 is 0 Å². The summed E-state index contributed by atoms with van der Waals surface area (Å²) in [6.45, 7) is 4.35. The Morgan fingerprint density at radius 2 is 2.23 bits per heavy atom. The summed E-state index contributed by atoms with van der Waals surface area (Å²) in [5, 5.41) is 6.71. The van der Waals surface area contributed by atoms with Crippen LogP contribution in [0.4, 0.5) is 0 Å². The lowest BCUT2D eigenvalue weighted by Gasteiger charge is -2.19. The molecule has 1 atom stereocenters. The molecule has 1 aromatic rings. The number of halogens is 2. The molecule has 1 aliphatic rings. The zero-order valence-corrected chi connectivity index (χ0v) is 14.2. The van der Waals surface area contributed by atoms with Crippen molar-refractivity contribution in [2.45, 2.75) is 25.9 Å². The second kappa shape index (κ2) is 9.72. The van der Waals surface area contributed by atoms with Gasteiger partial charge in [0.05, 0.1) is 5.02 Å². The number of rotatable bonds is 6. The molecule has 1 unspecified atom stereocenters. The first-order valence-corrected chi connectivity index (χ1v) is 7.66. The van der Waals surface area contributed by atoms with Gasteiger partial charge in [0.1, 0.15) is 5.75 Å². The smallest absolute Gasteiger partial charge is 0.261 e. The first-order chi connectivity index (χ1) is 10.2. The van der Waals surface area contributed by atoms with Gasteiger partial charge in [0.2, 0.25) is 0 Å². The highest BCUT2D eigenvalue weighted by atomic mass is 35.5. The lowest BCUT2D eigenvalue weighted by atomic mass is 10.1. The molecule has 122 valence electrons. The summed E-state index contributed by atoms with van der Waals surface area (Å²) in [7, 11) is 0. The van der Waals surface area contributed by atoms with Gasteiger partial charge < -0.3 is 15.4 Å². The zero-order chi connectivity index (χ0) is 15.1. The lowest BCUT2D eigenvalue weighted by molar-refractivity contribution is -0.127. The van der Waals surface area contributed by atoms with Crippen molar-refractivity contribution in [2.75, 3.05) is 19.6 Å². The molecule has 0 saturated heterocycles. The lowest BCUT2D eigenvalue weighted by Crippen LogP contribution is -2.39. The number of hydrogen-bond acceptors (Lipinski definition) is 3. The highest BCUT2D eigenvalue weighted by Gasteiger charge is 2.19. The SMILES string of the molecule is CCC(Oc1ccccc1Cl)C(=O)NCC1=CCNCC1.Cl. The Morgan fingerprint density at radius 1 is 1.45 bits per heavy atom. The molecule has 22 heavy (non-hydrogen) atoms. The minimum atomic E-state index is -0.521. The molecule has 1 aromatic carbocycles. The Bertz CT molecular complexity index is 521. The Balaban J connectivity index is 0.00000242. The largest absolute Gasteiger partial charge is 0.479 e. The minimum Gasteiger partial charge on any atom is -0.479 e. The van der Waals surface area contributed by atoms with Gasteiger partial charge in [-0.2, -0.15) is 0 Å². The predicted molar refractivity (Wildman–Crippen MR) is 92.0 cm³/mol. The molecule has 0 spiro atoms. The number of carbonyl (C=O) groups is 1. The first-order valence-electron chi connectivity index (χ1n) is 7.28. The normalized spacial score (nSPS) is 15.3. The number of ether oxygens (including phenoxy) is 1. The van der Waals surface area contributed by atoms with Gasteiger partial charge in [0.25, 0.3) is 5.91 Å². The molecule has 2 rings (SSSR count). The molecule has 0 fully saturated rings. The van der Waals surface area contributed by atoms with Gasteiger partial charge in [-0.25, -0.2) is 0 Å². The summed E-state index contributed by atoms with van der Waals surface area (Å²) in [4.78, 5) is 12.2. The third-order valence-electron chi connectivity index (χ3n) is 3.42. The van der Waals surface area contributed by atoms with Crippen molar-refractivity contribution in [3.63, 3.8) is 0 Å². The van der Waals surface area contributed by atoms with E-state index < -0.39 is 6.10 Å². The quantitative estimate of drug-likeness (QED) is 0.780. The van der Waals surface area contributed by atoms with E-state index in [4.69, 9.17) is 16.3 Å². The van der Waals surface area contributed by atoms with Crippen LogP contribution < -0.4 is 15.4 Å². The van der Waals surface area contributed by atoms with Gasteiger partial charge in [-0.15, -0.1) is 12.4 Å². The fourth-order valence-corrected chi connectivity index (χ4v) is 2.34. The molecule has 1 amide bonds. The second-order valence-corrected chi connectivity index (χ2v) is 5.39. The van der Waals surface area contributed by atoms with E-state index in [1.807, 2.05) is 19.1 Å². The van der Waals surface area contributed by atoms with Crippen molar-refractivity contribution >= 4 is 29.9 Å². The van der Waals surface area contributed by atoms with Crippen molar-refractivity contribution in [3.05, 3.63) is 40.9 Å². The summed E-state index contributed by atoms with van der Waals surface area (Å²) in [5.74, 6) is 0.444. The Kier molecular flexibility index (Phi) is 8.31. The molecule has 1 aliphatic heterocycles. The summed E-state index contributed by atoms with van der Waals surface area (Å²) in [6.07, 6.45) is 3.17. The minimum absolute atomic E-state index is 0. The predicted octanol–water partition coefficient (Wildman–Crippen LogP) is 2.96. The van der Waals surface area contributed by atoms with E-state index in [-0.39, 0.29) is 18.3 Å². The summed E-state index contributed by atoms with van der Waals surface area (Å²) < 4.78 is 5.72. The zero-order valence-electron chi connectivity index (χ0n) is 12.6. The van der Waals surface area contributed by atoms with Crippen LogP contribution in [0.1, 0.15) is 19.8 Å². The number of benzene rings is 1. The average molecular weight is 345 g/mol. The van der Waals surface area contributed by atoms with Crippen LogP contribution >= 0.6 is 24.0 Å². The summed E-state index contributed by atoms with van der Waals surface area (Å²) in [6, 6.07) is 7.19. The maximum Gasteiger partial charge on any atom is 0.261 e. The van der Waals surface area contributed by atoms with Crippen molar-refractivity contribution in [1.82, 2.24) is 10.6 Å². The molecule has 6 heteroatoms. The molecule has 0 radical (unpaired) electrons. The van der Waals surface area contributed by atoms with E-state index in [1.54, 1.807) is 12.1 Å². The van der Waals surface area contributed by atoms with Crippen LogP contribution in [0.15, 0.2) is 35.9 Å². The number of hydrogen-bond donors (Lipinski definition) is 2. The van der Waals surface area contributed by atoms with Crippen molar-refractivity contribution in [1.29, 1.82) is 0 Å². The van der Waals surface area contributed by atoms with Crippen molar-refractivity contribution in [2.24, 2.45) is 0 Å². The fraction of sp³-hybridized carbons (Fsp3) is 0.438. The molecule has 0 saturated carbocycles. The average Bonchev–Trinajstić information content (AvgIpc) is 2.53. The third kappa shape index (κ3) is 5.52. The molecule has 0 bridgehead atoms. The highest BCUT2D eigenvalue weighted by Crippen LogP contribution is 2.24. The van der Waals surface area contributed by atoms with Crippen molar-refractivity contribution < 1.29 is 9.53 Å². The third-order valence-corrected chi connectivity index (χ3v) is 3.73. The monoisotopic (exact) mass is 344 g/mol. The Morgan fingerprint density at radius 3 is 2.86 bits per heavy atom. The van der Waals surface area contributed by atoms with E-state index in [2.05, 4.69) is 16.7 Å². The second-order valence-electron chi connectivity index (χ2n) is 4.98. The topological polar surface area (TPSA) is 50.4 Å². The van der Waals surface area contributed by atoms with Crippen LogP contribution in [0.25, 0.3) is 0 Å². The van der Waals surface area contributed by atoms with Crippen LogP contribution in [0.5, 0.6) is 5.75 Å². The Hall–Kier alpha value is -1.23. The van der Waals surface area contributed by atoms with E-state index in [0.717, 1.165) is 19.5 Å². The highest BCUT2D eigenvalue weighted by molar-refractivity contribution is 6.32. The van der Waals surface area contributed by atoms with Gasteiger partial charge in [-0.05, 0) is 31.5 Å². The summed E-state index contributed by atoms with van der Waals surface area (Å²) in [5.41, 5.74) is 1.26.